The van der Waals surface area contributed by atoms with Crippen molar-refractivity contribution in [3.63, 3.8) is 0 Å². The Morgan fingerprint density at radius 3 is 2.27 bits per heavy atom. The molecule has 3 aromatic rings. The van der Waals surface area contributed by atoms with Gasteiger partial charge in [-0.1, -0.05) is 50.1 Å². The molecule has 0 radical (unpaired) electrons. The lowest BCUT2D eigenvalue weighted by Crippen LogP contribution is -2.32. The molecule has 4 rings (SSSR count). The Hall–Kier alpha value is -2.71. The average molecular weight is 523 g/mol. The number of hydrogen-bond acceptors (Lipinski definition) is 3. The normalized spacial score (nSPS) is 18.0. The molecule has 1 aliphatic rings. The van der Waals surface area contributed by atoms with E-state index in [1.165, 1.54) is 12.8 Å². The van der Waals surface area contributed by atoms with Crippen molar-refractivity contribution in [1.29, 1.82) is 0 Å². The molecule has 1 saturated heterocycles. The lowest BCUT2D eigenvalue weighted by atomic mass is 9.98. The van der Waals surface area contributed by atoms with Gasteiger partial charge in [0.1, 0.15) is 5.82 Å². The Morgan fingerprint density at radius 2 is 1.59 bits per heavy atom. The van der Waals surface area contributed by atoms with E-state index in [1.807, 2.05) is 18.2 Å². The Balaban J connectivity index is 1.35. The van der Waals surface area contributed by atoms with Gasteiger partial charge in [0, 0.05) is 17.7 Å². The maximum absolute atomic E-state index is 15.2. The van der Waals surface area contributed by atoms with Crippen LogP contribution in [0.25, 0.3) is 10.8 Å². The first-order chi connectivity index (χ1) is 17.8. The molecule has 0 saturated carbocycles. The number of unbranched alkanes of at least 4 members (excludes halogenated alkanes) is 1. The highest BCUT2D eigenvalue weighted by atomic mass is 19.3. The SMILES string of the molecule is CCCCC1COC(CCc2ccc3c(F)c(CCc4cc(F)c(OC(F)F)c(F)c4)ccc3c2)OC1. The van der Waals surface area contributed by atoms with Crippen LogP contribution < -0.4 is 4.74 Å². The average Bonchev–Trinajstić information content (AvgIpc) is 2.88. The monoisotopic (exact) mass is 522 g/mol. The van der Waals surface area contributed by atoms with E-state index in [1.54, 1.807) is 12.1 Å². The third-order valence-electron chi connectivity index (χ3n) is 6.72. The standard InChI is InChI=1S/C29H31F5O3/c1-2-3-4-20-16-35-26(36-17-20)12-7-18-6-11-23-22(13-18)10-9-21(27(23)32)8-5-19-14-24(30)28(25(31)15-19)37-29(33)34/h6,9-11,13-15,20,26,29H,2-5,7-8,12,16-17H2,1H3. The molecular formula is C29H31F5O3. The molecule has 0 atom stereocenters. The van der Waals surface area contributed by atoms with Gasteiger partial charge < -0.3 is 14.2 Å². The van der Waals surface area contributed by atoms with Crippen LogP contribution in [0.5, 0.6) is 5.75 Å². The van der Waals surface area contributed by atoms with Crippen molar-refractivity contribution in [1.82, 2.24) is 0 Å². The van der Waals surface area contributed by atoms with E-state index in [4.69, 9.17) is 9.47 Å². The Labute approximate surface area is 213 Å². The predicted molar refractivity (Wildman–Crippen MR) is 131 cm³/mol. The van der Waals surface area contributed by atoms with Crippen molar-refractivity contribution in [3.8, 4) is 5.75 Å². The molecule has 0 bridgehead atoms. The molecular weight excluding hydrogens is 491 g/mol. The van der Waals surface area contributed by atoms with Crippen LogP contribution in [-0.2, 0) is 28.7 Å². The van der Waals surface area contributed by atoms with Gasteiger partial charge >= 0.3 is 6.61 Å². The zero-order chi connectivity index (χ0) is 26.4. The van der Waals surface area contributed by atoms with Crippen LogP contribution in [0.15, 0.2) is 42.5 Å². The summed E-state index contributed by atoms with van der Waals surface area (Å²) in [7, 11) is 0. The van der Waals surface area contributed by atoms with Gasteiger partial charge in [-0.3, -0.25) is 0 Å². The number of fused-ring (bicyclic) bond motifs is 1. The van der Waals surface area contributed by atoms with Gasteiger partial charge in [0.25, 0.3) is 0 Å². The zero-order valence-electron chi connectivity index (χ0n) is 20.8. The third-order valence-corrected chi connectivity index (χ3v) is 6.72. The number of hydrogen-bond donors (Lipinski definition) is 0. The Morgan fingerprint density at radius 1 is 0.865 bits per heavy atom. The second-order valence-corrected chi connectivity index (χ2v) is 9.50. The van der Waals surface area contributed by atoms with Crippen LogP contribution in [0.2, 0.25) is 0 Å². The zero-order valence-corrected chi connectivity index (χ0v) is 20.8. The molecule has 1 aliphatic heterocycles. The van der Waals surface area contributed by atoms with Gasteiger partial charge in [0.05, 0.1) is 13.2 Å². The van der Waals surface area contributed by atoms with Crippen molar-refractivity contribution >= 4 is 10.8 Å². The molecule has 0 unspecified atom stereocenters. The smallest absolute Gasteiger partial charge is 0.387 e. The molecule has 0 aromatic heterocycles. The minimum Gasteiger partial charge on any atom is -0.429 e. The van der Waals surface area contributed by atoms with Crippen molar-refractivity contribution in [2.24, 2.45) is 5.92 Å². The van der Waals surface area contributed by atoms with E-state index in [2.05, 4.69) is 11.7 Å². The first kappa shape index (κ1) is 27.3. The molecule has 1 fully saturated rings. The predicted octanol–water partition coefficient (Wildman–Crippen LogP) is 7.76. The summed E-state index contributed by atoms with van der Waals surface area (Å²) < 4.78 is 83.4. The summed E-state index contributed by atoms with van der Waals surface area (Å²) in [6.45, 7) is 0.290. The van der Waals surface area contributed by atoms with E-state index in [9.17, 15) is 17.6 Å². The number of alkyl halides is 2. The fraction of sp³-hybridized carbons (Fsp3) is 0.448. The van der Waals surface area contributed by atoms with Crippen molar-refractivity contribution in [2.45, 2.75) is 64.8 Å². The molecule has 1 heterocycles. The molecule has 0 spiro atoms. The lowest BCUT2D eigenvalue weighted by Gasteiger charge is -2.29. The van der Waals surface area contributed by atoms with Crippen LogP contribution in [0.3, 0.4) is 0 Å². The minimum atomic E-state index is -3.33. The van der Waals surface area contributed by atoms with Gasteiger partial charge in [0.2, 0.25) is 0 Å². The molecule has 8 heteroatoms. The summed E-state index contributed by atoms with van der Waals surface area (Å²) in [5.74, 6) is -3.49. The van der Waals surface area contributed by atoms with Gasteiger partial charge in [-0.15, -0.1) is 0 Å². The van der Waals surface area contributed by atoms with Gasteiger partial charge in [-0.2, -0.15) is 8.78 Å². The maximum Gasteiger partial charge on any atom is 0.387 e. The molecule has 0 amide bonds. The van der Waals surface area contributed by atoms with E-state index in [0.717, 1.165) is 55.6 Å². The molecule has 200 valence electrons. The number of benzene rings is 3. The molecule has 0 N–H and O–H groups in total. The van der Waals surface area contributed by atoms with Crippen molar-refractivity contribution < 1.29 is 36.2 Å². The lowest BCUT2D eigenvalue weighted by molar-refractivity contribution is -0.203. The van der Waals surface area contributed by atoms with Crippen LogP contribution in [0.1, 0.15) is 49.3 Å². The van der Waals surface area contributed by atoms with Crippen molar-refractivity contribution in [2.75, 3.05) is 13.2 Å². The van der Waals surface area contributed by atoms with E-state index < -0.39 is 24.0 Å². The van der Waals surface area contributed by atoms with E-state index in [-0.39, 0.29) is 30.5 Å². The molecule has 37 heavy (non-hydrogen) atoms. The molecule has 3 aromatic carbocycles. The largest absolute Gasteiger partial charge is 0.429 e. The van der Waals surface area contributed by atoms with Gasteiger partial charge in [0.15, 0.2) is 23.7 Å². The van der Waals surface area contributed by atoms with Crippen LogP contribution in [-0.4, -0.2) is 26.1 Å². The Bertz CT molecular complexity index is 1170. The van der Waals surface area contributed by atoms with Crippen LogP contribution in [0.4, 0.5) is 22.0 Å². The number of ether oxygens (including phenoxy) is 3. The van der Waals surface area contributed by atoms with Gasteiger partial charge in [-0.25, -0.2) is 13.2 Å². The molecule has 3 nitrogen and oxygen atoms in total. The number of halogens is 5. The fourth-order valence-electron chi connectivity index (χ4n) is 4.67. The topological polar surface area (TPSA) is 27.7 Å². The highest BCUT2D eigenvalue weighted by Gasteiger charge is 2.22. The summed E-state index contributed by atoms with van der Waals surface area (Å²) in [4.78, 5) is 0. The number of rotatable bonds is 11. The summed E-state index contributed by atoms with van der Waals surface area (Å²) in [5.41, 5.74) is 1.67. The van der Waals surface area contributed by atoms with Crippen LogP contribution >= 0.6 is 0 Å². The number of aryl methyl sites for hydroxylation is 3. The quantitative estimate of drug-likeness (QED) is 0.241. The highest BCUT2D eigenvalue weighted by molar-refractivity contribution is 5.84. The minimum absolute atomic E-state index is 0.129. The summed E-state index contributed by atoms with van der Waals surface area (Å²) in [5, 5.41) is 1.22. The van der Waals surface area contributed by atoms with E-state index >= 15 is 4.39 Å². The Kier molecular flexibility index (Phi) is 9.38. The fourth-order valence-corrected chi connectivity index (χ4v) is 4.67. The first-order valence-electron chi connectivity index (χ1n) is 12.7. The third kappa shape index (κ3) is 7.20. The van der Waals surface area contributed by atoms with Crippen molar-refractivity contribution in [3.05, 3.63) is 76.6 Å². The second kappa shape index (κ2) is 12.7. The summed E-state index contributed by atoms with van der Waals surface area (Å²) in [6, 6.07) is 10.9. The van der Waals surface area contributed by atoms with E-state index in [0.29, 0.717) is 16.9 Å². The second-order valence-electron chi connectivity index (χ2n) is 9.50. The van der Waals surface area contributed by atoms with Crippen LogP contribution in [0, 0.1) is 23.4 Å². The molecule has 0 aliphatic carbocycles. The first-order valence-corrected chi connectivity index (χ1v) is 12.7. The maximum atomic E-state index is 15.2. The van der Waals surface area contributed by atoms with Gasteiger partial charge in [-0.05, 0) is 59.9 Å². The summed E-state index contributed by atoms with van der Waals surface area (Å²) in [6.07, 6.45) is 5.03. The summed E-state index contributed by atoms with van der Waals surface area (Å²) >= 11 is 0. The highest BCUT2D eigenvalue weighted by Crippen LogP contribution is 2.28.